The monoisotopic (exact) mass is 409 g/mol. The summed E-state index contributed by atoms with van der Waals surface area (Å²) in [7, 11) is 2.12. The van der Waals surface area contributed by atoms with Gasteiger partial charge in [0.1, 0.15) is 5.52 Å². The summed E-state index contributed by atoms with van der Waals surface area (Å²) >= 11 is 0. The summed E-state index contributed by atoms with van der Waals surface area (Å²) in [6, 6.07) is 3.35. The Morgan fingerprint density at radius 3 is 2.62 bits per heavy atom. The van der Waals surface area contributed by atoms with Gasteiger partial charge in [-0.3, -0.25) is 9.88 Å². The van der Waals surface area contributed by atoms with Crippen LogP contribution < -0.4 is 4.90 Å². The highest BCUT2D eigenvalue weighted by Gasteiger charge is 2.37. The number of halogens is 3. The van der Waals surface area contributed by atoms with Crippen molar-refractivity contribution < 1.29 is 17.9 Å². The predicted molar refractivity (Wildman–Crippen MR) is 105 cm³/mol. The van der Waals surface area contributed by atoms with E-state index in [0.29, 0.717) is 24.2 Å². The second-order valence-electron chi connectivity index (χ2n) is 7.97. The summed E-state index contributed by atoms with van der Waals surface area (Å²) in [6.45, 7) is 8.11. The molecule has 0 radical (unpaired) electrons. The summed E-state index contributed by atoms with van der Waals surface area (Å²) in [6.07, 6.45) is -1.85. The van der Waals surface area contributed by atoms with E-state index in [4.69, 9.17) is 4.74 Å². The number of fused-ring (bicyclic) bond motifs is 1. The fraction of sp³-hybridized carbons (Fsp3) is 0.600. The Kier molecular flexibility index (Phi) is 5.63. The Morgan fingerprint density at radius 1 is 1.14 bits per heavy atom. The fourth-order valence-corrected chi connectivity index (χ4v) is 4.18. The summed E-state index contributed by atoms with van der Waals surface area (Å²) in [5, 5.41) is 0.474. The molecule has 0 saturated carbocycles. The van der Waals surface area contributed by atoms with Gasteiger partial charge in [-0.2, -0.15) is 13.2 Å². The van der Waals surface area contributed by atoms with Gasteiger partial charge in [0.15, 0.2) is 5.69 Å². The molecular formula is C20H26F3N5O. The SMILES string of the molecule is C[C@@H]1CN(c2cnc(C(F)(F)F)c3ncccc23)C[C@H](CN2CCN(C)CC2)O1. The van der Waals surface area contributed by atoms with Crippen LogP contribution in [0.2, 0.25) is 0 Å². The Bertz CT molecular complexity index is 854. The van der Waals surface area contributed by atoms with Crippen molar-refractivity contribution in [3.05, 3.63) is 30.2 Å². The molecule has 9 heteroatoms. The highest BCUT2D eigenvalue weighted by atomic mass is 19.4. The molecule has 158 valence electrons. The summed E-state index contributed by atoms with van der Waals surface area (Å²) < 4.78 is 46.2. The molecular weight excluding hydrogens is 383 g/mol. The minimum Gasteiger partial charge on any atom is -0.370 e. The number of aromatic nitrogens is 2. The number of pyridine rings is 2. The lowest BCUT2D eigenvalue weighted by atomic mass is 10.1. The molecule has 0 spiro atoms. The van der Waals surface area contributed by atoms with Gasteiger partial charge in [-0.15, -0.1) is 0 Å². The van der Waals surface area contributed by atoms with Crippen molar-refractivity contribution in [2.24, 2.45) is 0 Å². The average Bonchev–Trinajstić information content (AvgIpc) is 2.67. The standard InChI is InChI=1S/C20H26F3N5O/c1-14-11-28(13-15(29-14)12-27-8-6-26(2)7-9-27)17-10-25-19(20(21,22)23)18-16(17)4-3-5-24-18/h3-5,10,14-15H,6-9,11-13H2,1-2H3/t14-,15+/m1/s1. The van der Waals surface area contributed by atoms with Gasteiger partial charge in [-0.1, -0.05) is 0 Å². The van der Waals surface area contributed by atoms with Crippen molar-refractivity contribution in [1.82, 2.24) is 19.8 Å². The van der Waals surface area contributed by atoms with E-state index in [2.05, 4.69) is 31.7 Å². The second kappa shape index (κ2) is 8.04. The molecule has 4 rings (SSSR count). The van der Waals surface area contributed by atoms with E-state index in [1.165, 1.54) is 12.4 Å². The quantitative estimate of drug-likeness (QED) is 0.776. The average molecular weight is 409 g/mol. The van der Waals surface area contributed by atoms with Gasteiger partial charge in [-0.05, 0) is 26.1 Å². The summed E-state index contributed by atoms with van der Waals surface area (Å²) in [5.74, 6) is 0. The predicted octanol–water partition coefficient (Wildman–Crippen LogP) is 2.49. The van der Waals surface area contributed by atoms with E-state index < -0.39 is 11.9 Å². The zero-order chi connectivity index (χ0) is 20.6. The van der Waals surface area contributed by atoms with Gasteiger partial charge in [0.25, 0.3) is 0 Å². The number of rotatable bonds is 3. The molecule has 2 atom stereocenters. The smallest absolute Gasteiger partial charge is 0.370 e. The number of nitrogens with zero attached hydrogens (tertiary/aromatic N) is 5. The number of morpholine rings is 1. The first kappa shape index (κ1) is 20.3. The van der Waals surface area contributed by atoms with Gasteiger partial charge in [0, 0.05) is 57.4 Å². The Morgan fingerprint density at radius 2 is 1.90 bits per heavy atom. The fourth-order valence-electron chi connectivity index (χ4n) is 4.18. The molecule has 0 amide bonds. The number of ether oxygens (including phenoxy) is 1. The number of hydrogen-bond donors (Lipinski definition) is 0. The van der Waals surface area contributed by atoms with Crippen LogP contribution in [0, 0.1) is 0 Å². The van der Waals surface area contributed by atoms with Crippen molar-refractivity contribution in [3.8, 4) is 0 Å². The van der Waals surface area contributed by atoms with Crippen LogP contribution in [0.3, 0.4) is 0 Å². The van der Waals surface area contributed by atoms with Crippen LogP contribution in [0.1, 0.15) is 12.6 Å². The Balaban J connectivity index is 1.58. The highest BCUT2D eigenvalue weighted by molar-refractivity contribution is 5.92. The van der Waals surface area contributed by atoms with Crippen molar-refractivity contribution in [2.75, 3.05) is 57.8 Å². The molecule has 0 aliphatic carbocycles. The first-order valence-electron chi connectivity index (χ1n) is 9.93. The maximum atomic E-state index is 13.4. The molecule has 0 N–H and O–H groups in total. The molecule has 0 bridgehead atoms. The maximum absolute atomic E-state index is 13.4. The van der Waals surface area contributed by atoms with Gasteiger partial charge >= 0.3 is 6.18 Å². The highest BCUT2D eigenvalue weighted by Crippen LogP contribution is 2.36. The largest absolute Gasteiger partial charge is 0.435 e. The summed E-state index contributed by atoms with van der Waals surface area (Å²) in [5.41, 5.74) is -0.362. The molecule has 2 aliphatic heterocycles. The number of likely N-dealkylation sites (N-methyl/N-ethyl adjacent to an activating group) is 1. The third kappa shape index (κ3) is 4.46. The number of alkyl halides is 3. The van der Waals surface area contributed by atoms with E-state index in [1.807, 2.05) is 6.92 Å². The Hall–Kier alpha value is -1.97. The van der Waals surface area contributed by atoms with Crippen LogP contribution in [0.15, 0.2) is 24.5 Å². The Labute approximate surface area is 168 Å². The van der Waals surface area contributed by atoms with Crippen LogP contribution in [0.5, 0.6) is 0 Å². The molecule has 2 aromatic rings. The van der Waals surface area contributed by atoms with Crippen molar-refractivity contribution in [2.45, 2.75) is 25.3 Å². The maximum Gasteiger partial charge on any atom is 0.435 e. The first-order valence-corrected chi connectivity index (χ1v) is 9.93. The minimum absolute atomic E-state index is 0.00355. The molecule has 4 heterocycles. The second-order valence-corrected chi connectivity index (χ2v) is 7.97. The van der Waals surface area contributed by atoms with E-state index in [-0.39, 0.29) is 17.7 Å². The lowest BCUT2D eigenvalue weighted by molar-refractivity contribution is -0.139. The van der Waals surface area contributed by atoms with Gasteiger partial charge < -0.3 is 14.5 Å². The van der Waals surface area contributed by atoms with Crippen molar-refractivity contribution in [1.29, 1.82) is 0 Å². The van der Waals surface area contributed by atoms with Crippen LogP contribution >= 0.6 is 0 Å². The van der Waals surface area contributed by atoms with E-state index in [9.17, 15) is 13.2 Å². The third-order valence-corrected chi connectivity index (χ3v) is 5.62. The lowest BCUT2D eigenvalue weighted by Crippen LogP contribution is -2.53. The van der Waals surface area contributed by atoms with Gasteiger partial charge in [0.05, 0.1) is 24.1 Å². The number of hydrogen-bond acceptors (Lipinski definition) is 6. The molecule has 29 heavy (non-hydrogen) atoms. The zero-order valence-electron chi connectivity index (χ0n) is 16.7. The lowest BCUT2D eigenvalue weighted by Gasteiger charge is -2.41. The third-order valence-electron chi connectivity index (χ3n) is 5.62. The molecule has 2 fully saturated rings. The summed E-state index contributed by atoms with van der Waals surface area (Å²) in [4.78, 5) is 14.5. The molecule has 0 aromatic carbocycles. The molecule has 2 saturated heterocycles. The minimum atomic E-state index is -4.53. The van der Waals surface area contributed by atoms with Crippen LogP contribution in [-0.2, 0) is 10.9 Å². The molecule has 2 aliphatic rings. The van der Waals surface area contributed by atoms with Crippen LogP contribution in [-0.4, -0.2) is 84.8 Å². The van der Waals surface area contributed by atoms with Crippen molar-refractivity contribution in [3.63, 3.8) is 0 Å². The number of piperazine rings is 1. The van der Waals surface area contributed by atoms with E-state index >= 15 is 0 Å². The molecule has 2 aromatic heterocycles. The van der Waals surface area contributed by atoms with Gasteiger partial charge in [0.2, 0.25) is 0 Å². The molecule has 0 unspecified atom stereocenters. The first-order chi connectivity index (χ1) is 13.8. The van der Waals surface area contributed by atoms with Crippen LogP contribution in [0.4, 0.5) is 18.9 Å². The normalized spacial score (nSPS) is 24.9. The topological polar surface area (TPSA) is 44.7 Å². The van der Waals surface area contributed by atoms with Crippen LogP contribution in [0.25, 0.3) is 10.9 Å². The van der Waals surface area contributed by atoms with Gasteiger partial charge in [-0.25, -0.2) is 4.98 Å². The zero-order valence-corrected chi connectivity index (χ0v) is 16.7. The van der Waals surface area contributed by atoms with Crippen molar-refractivity contribution >= 4 is 16.6 Å². The van der Waals surface area contributed by atoms with E-state index in [1.54, 1.807) is 12.1 Å². The number of anilines is 1. The van der Waals surface area contributed by atoms with E-state index in [0.717, 1.165) is 32.7 Å². The molecule has 6 nitrogen and oxygen atoms in total.